The SMILES string of the molecule is C[C@H]1C[C@@H](N)CN(c2ncc(C#N)c3ncncc23)C1.Cl. The van der Waals surface area contributed by atoms with Crippen LogP contribution in [0.3, 0.4) is 0 Å². The van der Waals surface area contributed by atoms with E-state index in [1.807, 2.05) is 0 Å². The summed E-state index contributed by atoms with van der Waals surface area (Å²) in [6, 6.07) is 2.27. The van der Waals surface area contributed by atoms with Crippen LogP contribution in [0.1, 0.15) is 18.9 Å². The molecule has 1 aliphatic rings. The van der Waals surface area contributed by atoms with Crippen LogP contribution in [0, 0.1) is 17.2 Å². The number of rotatable bonds is 1. The molecule has 0 amide bonds. The van der Waals surface area contributed by atoms with Crippen molar-refractivity contribution in [2.75, 3.05) is 18.0 Å². The molecular formula is C14H17ClN6. The number of hydrogen-bond acceptors (Lipinski definition) is 6. The van der Waals surface area contributed by atoms with Crippen molar-refractivity contribution in [1.29, 1.82) is 5.26 Å². The second-order valence-electron chi connectivity index (χ2n) is 5.40. The Labute approximate surface area is 129 Å². The molecule has 7 heteroatoms. The molecule has 6 nitrogen and oxygen atoms in total. The number of nitrogens with zero attached hydrogens (tertiary/aromatic N) is 5. The summed E-state index contributed by atoms with van der Waals surface area (Å²) in [6.07, 6.45) is 5.78. The van der Waals surface area contributed by atoms with Crippen molar-refractivity contribution in [2.45, 2.75) is 19.4 Å². The molecule has 0 radical (unpaired) electrons. The molecule has 0 saturated carbocycles. The maximum atomic E-state index is 9.14. The van der Waals surface area contributed by atoms with Gasteiger partial charge in [0.25, 0.3) is 0 Å². The van der Waals surface area contributed by atoms with E-state index in [0.29, 0.717) is 17.0 Å². The number of halogens is 1. The van der Waals surface area contributed by atoms with Crippen molar-refractivity contribution in [3.63, 3.8) is 0 Å². The van der Waals surface area contributed by atoms with Crippen molar-refractivity contribution in [3.8, 4) is 6.07 Å². The van der Waals surface area contributed by atoms with E-state index in [-0.39, 0.29) is 18.4 Å². The highest BCUT2D eigenvalue weighted by Gasteiger charge is 2.25. The number of anilines is 1. The molecule has 2 N–H and O–H groups in total. The summed E-state index contributed by atoms with van der Waals surface area (Å²) in [6.45, 7) is 3.87. The summed E-state index contributed by atoms with van der Waals surface area (Å²) in [5.41, 5.74) is 7.22. The number of aromatic nitrogens is 3. The van der Waals surface area contributed by atoms with E-state index in [1.165, 1.54) is 6.33 Å². The lowest BCUT2D eigenvalue weighted by molar-refractivity contribution is 0.400. The van der Waals surface area contributed by atoms with Crippen LogP contribution in [0.15, 0.2) is 18.7 Å². The molecule has 1 saturated heterocycles. The molecule has 110 valence electrons. The lowest BCUT2D eigenvalue weighted by Crippen LogP contribution is -2.46. The predicted molar refractivity (Wildman–Crippen MR) is 83.3 cm³/mol. The molecule has 21 heavy (non-hydrogen) atoms. The van der Waals surface area contributed by atoms with Gasteiger partial charge in [0.05, 0.1) is 16.5 Å². The van der Waals surface area contributed by atoms with E-state index < -0.39 is 0 Å². The van der Waals surface area contributed by atoms with Crippen LogP contribution in [0.5, 0.6) is 0 Å². The Hall–Kier alpha value is -1.97. The fourth-order valence-electron chi connectivity index (χ4n) is 2.87. The van der Waals surface area contributed by atoms with Crippen LogP contribution in [0.25, 0.3) is 10.9 Å². The average molecular weight is 305 g/mol. The zero-order chi connectivity index (χ0) is 14.1. The van der Waals surface area contributed by atoms with E-state index in [4.69, 9.17) is 11.0 Å². The molecule has 0 unspecified atom stereocenters. The number of piperidine rings is 1. The first-order chi connectivity index (χ1) is 9.69. The maximum Gasteiger partial charge on any atom is 0.139 e. The van der Waals surface area contributed by atoms with Crippen molar-refractivity contribution in [3.05, 3.63) is 24.3 Å². The molecule has 0 spiro atoms. The van der Waals surface area contributed by atoms with Gasteiger partial charge in [-0.15, -0.1) is 12.4 Å². The summed E-state index contributed by atoms with van der Waals surface area (Å²) in [5, 5.41) is 9.95. The van der Waals surface area contributed by atoms with Crippen molar-refractivity contribution < 1.29 is 0 Å². The van der Waals surface area contributed by atoms with Crippen molar-refractivity contribution in [2.24, 2.45) is 11.7 Å². The maximum absolute atomic E-state index is 9.14. The number of pyridine rings is 1. The summed E-state index contributed by atoms with van der Waals surface area (Å²) in [4.78, 5) is 14.9. The Bertz CT molecular complexity index is 673. The van der Waals surface area contributed by atoms with E-state index in [1.54, 1.807) is 12.4 Å². The molecular weight excluding hydrogens is 288 g/mol. The van der Waals surface area contributed by atoms with Gasteiger partial charge in [-0.3, -0.25) is 0 Å². The van der Waals surface area contributed by atoms with Gasteiger partial charge in [-0.25, -0.2) is 15.0 Å². The van der Waals surface area contributed by atoms with Gasteiger partial charge in [-0.1, -0.05) is 6.92 Å². The molecule has 3 heterocycles. The number of nitriles is 1. The van der Waals surface area contributed by atoms with E-state index in [9.17, 15) is 0 Å². The highest BCUT2D eigenvalue weighted by Crippen LogP contribution is 2.28. The van der Waals surface area contributed by atoms with Crippen molar-refractivity contribution >= 4 is 29.1 Å². The summed E-state index contributed by atoms with van der Waals surface area (Å²) in [7, 11) is 0. The fraction of sp³-hybridized carbons (Fsp3) is 0.429. The minimum atomic E-state index is 0. The molecule has 1 aliphatic heterocycles. The first-order valence-electron chi connectivity index (χ1n) is 6.68. The minimum absolute atomic E-state index is 0. The van der Waals surface area contributed by atoms with Crippen LogP contribution < -0.4 is 10.6 Å². The number of nitrogens with two attached hydrogens (primary N) is 1. The fourth-order valence-corrected chi connectivity index (χ4v) is 2.87. The quantitative estimate of drug-likeness (QED) is 0.858. The Morgan fingerprint density at radius 3 is 2.86 bits per heavy atom. The van der Waals surface area contributed by atoms with Gasteiger partial charge in [0.1, 0.15) is 18.2 Å². The molecule has 1 fully saturated rings. The Morgan fingerprint density at radius 2 is 2.14 bits per heavy atom. The van der Waals surface area contributed by atoms with Gasteiger partial charge in [-0.2, -0.15) is 5.26 Å². The smallest absolute Gasteiger partial charge is 0.139 e. The Kier molecular flexibility index (Phi) is 4.56. The molecule has 0 bridgehead atoms. The second kappa shape index (κ2) is 6.20. The second-order valence-corrected chi connectivity index (χ2v) is 5.40. The largest absolute Gasteiger partial charge is 0.354 e. The van der Waals surface area contributed by atoms with E-state index in [0.717, 1.165) is 30.7 Å². The van der Waals surface area contributed by atoms with Gasteiger partial charge < -0.3 is 10.6 Å². The first-order valence-corrected chi connectivity index (χ1v) is 6.68. The predicted octanol–water partition coefficient (Wildman–Crippen LogP) is 1.49. The molecule has 2 atom stereocenters. The van der Waals surface area contributed by atoms with Crippen molar-refractivity contribution in [1.82, 2.24) is 15.0 Å². The summed E-state index contributed by atoms with van der Waals surface area (Å²) in [5.74, 6) is 1.34. The number of fused-ring (bicyclic) bond motifs is 1. The third-order valence-corrected chi connectivity index (χ3v) is 3.64. The zero-order valence-corrected chi connectivity index (χ0v) is 12.5. The highest BCUT2D eigenvalue weighted by atomic mass is 35.5. The van der Waals surface area contributed by atoms with Gasteiger partial charge >= 0.3 is 0 Å². The Balaban J connectivity index is 0.00000161. The van der Waals surface area contributed by atoms with Gasteiger partial charge in [-0.05, 0) is 12.3 Å². The first kappa shape index (κ1) is 15.4. The molecule has 0 aliphatic carbocycles. The third kappa shape index (κ3) is 2.89. The van der Waals surface area contributed by atoms with Crippen LogP contribution in [0.2, 0.25) is 0 Å². The topological polar surface area (TPSA) is 91.7 Å². The van der Waals surface area contributed by atoms with Crippen LogP contribution in [-0.2, 0) is 0 Å². The standard InChI is InChI=1S/C14H16N6.ClH/c1-9-2-11(16)7-20(6-9)14-12-5-17-8-19-13(12)10(3-15)4-18-14;/h4-5,8-9,11H,2,6-7,16H2,1H3;1H/t9-,11+;/m0./s1. The molecule has 2 aromatic heterocycles. The molecule has 3 rings (SSSR count). The Morgan fingerprint density at radius 1 is 1.33 bits per heavy atom. The van der Waals surface area contributed by atoms with Gasteiger partial charge in [0.15, 0.2) is 0 Å². The lowest BCUT2D eigenvalue weighted by Gasteiger charge is -2.36. The highest BCUT2D eigenvalue weighted by molar-refractivity contribution is 5.92. The van der Waals surface area contributed by atoms with Gasteiger partial charge in [0.2, 0.25) is 0 Å². The summed E-state index contributed by atoms with van der Waals surface area (Å²) < 4.78 is 0. The van der Waals surface area contributed by atoms with E-state index in [2.05, 4.69) is 32.8 Å². The normalized spacial score (nSPS) is 21.7. The van der Waals surface area contributed by atoms with Crippen LogP contribution in [0.4, 0.5) is 5.82 Å². The van der Waals surface area contributed by atoms with Crippen LogP contribution >= 0.6 is 12.4 Å². The van der Waals surface area contributed by atoms with E-state index >= 15 is 0 Å². The zero-order valence-electron chi connectivity index (χ0n) is 11.7. The summed E-state index contributed by atoms with van der Waals surface area (Å²) >= 11 is 0. The number of hydrogen-bond donors (Lipinski definition) is 1. The average Bonchev–Trinajstić information content (AvgIpc) is 2.45. The monoisotopic (exact) mass is 304 g/mol. The minimum Gasteiger partial charge on any atom is -0.354 e. The molecule has 0 aromatic carbocycles. The van der Waals surface area contributed by atoms with Gasteiger partial charge in [0, 0.05) is 31.5 Å². The molecule has 2 aromatic rings. The third-order valence-electron chi connectivity index (χ3n) is 3.64. The lowest BCUT2D eigenvalue weighted by atomic mass is 9.96. The van der Waals surface area contributed by atoms with Crippen LogP contribution in [-0.4, -0.2) is 34.1 Å².